The minimum atomic E-state index is -0.289. The number of aromatic nitrogens is 4. The first-order valence-corrected chi connectivity index (χ1v) is 10.2. The van der Waals surface area contributed by atoms with Gasteiger partial charge in [-0.2, -0.15) is 0 Å². The molecule has 0 radical (unpaired) electrons. The third kappa shape index (κ3) is 4.22. The van der Waals surface area contributed by atoms with Gasteiger partial charge < -0.3 is 14.5 Å². The Labute approximate surface area is 175 Å². The lowest BCUT2D eigenvalue weighted by molar-refractivity contribution is -0.144. The number of aryl methyl sites for hydroxylation is 2. The van der Waals surface area contributed by atoms with Gasteiger partial charge in [0.05, 0.1) is 30.9 Å². The maximum Gasteiger partial charge on any atom is 0.308 e. The van der Waals surface area contributed by atoms with E-state index >= 15 is 0 Å². The van der Waals surface area contributed by atoms with Crippen molar-refractivity contribution in [3.05, 3.63) is 45.6 Å². The van der Waals surface area contributed by atoms with Gasteiger partial charge in [-0.15, -0.1) is 5.10 Å². The van der Waals surface area contributed by atoms with Crippen LogP contribution in [0.15, 0.2) is 23.0 Å². The number of methoxy groups -OCH3 is 1. The second kappa shape index (κ2) is 9.11. The molecule has 0 aliphatic heterocycles. The zero-order valence-corrected chi connectivity index (χ0v) is 18.1. The van der Waals surface area contributed by atoms with Crippen LogP contribution < -0.4 is 10.3 Å². The van der Waals surface area contributed by atoms with Crippen LogP contribution in [0.4, 0.5) is 0 Å². The fraction of sp³-hybridized carbons (Fsp3) is 0.455. The quantitative estimate of drug-likeness (QED) is 0.571. The monoisotopic (exact) mass is 412 g/mol. The molecular weight excluding hydrogens is 384 g/mol. The summed E-state index contributed by atoms with van der Waals surface area (Å²) in [4.78, 5) is 32.0. The highest BCUT2D eigenvalue weighted by Gasteiger charge is 2.19. The number of benzene rings is 1. The molecule has 1 aromatic carbocycles. The van der Waals surface area contributed by atoms with Gasteiger partial charge >= 0.3 is 5.97 Å². The minimum Gasteiger partial charge on any atom is -0.493 e. The molecule has 160 valence electrons. The summed E-state index contributed by atoms with van der Waals surface area (Å²) in [5.74, 6) is 1.21. The number of hydrogen-bond donors (Lipinski definition) is 1. The molecule has 2 aromatic heterocycles. The summed E-state index contributed by atoms with van der Waals surface area (Å²) in [6, 6.07) is 5.65. The molecule has 0 spiro atoms. The smallest absolute Gasteiger partial charge is 0.308 e. The number of aromatic amines is 1. The predicted molar refractivity (Wildman–Crippen MR) is 114 cm³/mol. The summed E-state index contributed by atoms with van der Waals surface area (Å²) in [6.45, 7) is 8.06. The lowest BCUT2D eigenvalue weighted by Crippen LogP contribution is -2.16. The number of fused-ring (bicyclic) bond motifs is 1. The van der Waals surface area contributed by atoms with Crippen molar-refractivity contribution < 1.29 is 14.3 Å². The molecule has 0 aliphatic rings. The summed E-state index contributed by atoms with van der Waals surface area (Å²) < 4.78 is 12.2. The van der Waals surface area contributed by atoms with E-state index in [-0.39, 0.29) is 17.4 Å². The lowest BCUT2D eigenvalue weighted by atomic mass is 9.99. The number of rotatable bonds is 8. The number of nitrogens with zero attached hydrogens (tertiary/aromatic N) is 3. The first-order chi connectivity index (χ1) is 14.4. The molecule has 30 heavy (non-hydrogen) atoms. The number of H-pyrrole nitrogens is 1. The number of imidazole rings is 1. The molecular formula is C22H28N4O4. The maximum absolute atomic E-state index is 12.8. The van der Waals surface area contributed by atoms with Crippen molar-refractivity contribution in [2.24, 2.45) is 5.92 Å². The average molecular weight is 412 g/mol. The summed E-state index contributed by atoms with van der Waals surface area (Å²) in [7, 11) is 1.38. The van der Waals surface area contributed by atoms with Crippen molar-refractivity contribution >= 4 is 11.5 Å². The highest BCUT2D eigenvalue weighted by atomic mass is 16.5. The third-order valence-corrected chi connectivity index (χ3v) is 4.96. The van der Waals surface area contributed by atoms with Crippen molar-refractivity contribution in [2.75, 3.05) is 13.7 Å². The number of esters is 1. The Morgan fingerprint density at radius 3 is 2.73 bits per heavy atom. The van der Waals surface area contributed by atoms with Gasteiger partial charge in [0.2, 0.25) is 0 Å². The second-order valence-corrected chi connectivity index (χ2v) is 7.32. The van der Waals surface area contributed by atoms with Crippen LogP contribution in [0.2, 0.25) is 0 Å². The van der Waals surface area contributed by atoms with E-state index in [2.05, 4.69) is 22.0 Å². The van der Waals surface area contributed by atoms with Gasteiger partial charge in [0, 0.05) is 6.42 Å². The highest BCUT2D eigenvalue weighted by Crippen LogP contribution is 2.29. The molecule has 0 amide bonds. The van der Waals surface area contributed by atoms with E-state index in [0.717, 1.165) is 24.2 Å². The molecule has 0 saturated carbocycles. The first kappa shape index (κ1) is 21.5. The van der Waals surface area contributed by atoms with Crippen LogP contribution in [-0.4, -0.2) is 39.3 Å². The van der Waals surface area contributed by atoms with Crippen LogP contribution in [-0.2, 0) is 22.4 Å². The molecule has 0 saturated heterocycles. The van der Waals surface area contributed by atoms with Crippen LogP contribution in [0.1, 0.15) is 44.3 Å². The van der Waals surface area contributed by atoms with Crippen LogP contribution in [0.3, 0.4) is 0 Å². The molecule has 0 fully saturated rings. The van der Waals surface area contributed by atoms with Crippen molar-refractivity contribution in [1.82, 2.24) is 19.6 Å². The second-order valence-electron chi connectivity index (χ2n) is 7.32. The molecule has 3 aromatic rings. The highest BCUT2D eigenvalue weighted by molar-refractivity contribution is 5.72. The maximum atomic E-state index is 12.8. The fourth-order valence-electron chi connectivity index (χ4n) is 3.55. The van der Waals surface area contributed by atoms with Crippen LogP contribution in [0, 0.1) is 12.8 Å². The Bertz CT molecular complexity index is 1120. The first-order valence-electron chi connectivity index (χ1n) is 10.2. The Kier molecular flexibility index (Phi) is 6.54. The van der Waals surface area contributed by atoms with Gasteiger partial charge in [0.15, 0.2) is 11.3 Å². The number of ether oxygens (including phenoxy) is 2. The molecule has 1 unspecified atom stereocenters. The fourth-order valence-corrected chi connectivity index (χ4v) is 3.55. The third-order valence-electron chi connectivity index (χ3n) is 4.96. The van der Waals surface area contributed by atoms with E-state index < -0.39 is 0 Å². The van der Waals surface area contributed by atoms with E-state index in [0.29, 0.717) is 41.4 Å². The van der Waals surface area contributed by atoms with Gasteiger partial charge in [-0.05, 0) is 44.4 Å². The lowest BCUT2D eigenvalue weighted by Gasteiger charge is -2.14. The van der Waals surface area contributed by atoms with Crippen molar-refractivity contribution in [1.29, 1.82) is 0 Å². The Balaban J connectivity index is 2.13. The van der Waals surface area contributed by atoms with Crippen LogP contribution in [0.5, 0.6) is 5.75 Å². The largest absolute Gasteiger partial charge is 0.493 e. The molecule has 1 atom stereocenters. The zero-order valence-electron chi connectivity index (χ0n) is 18.1. The Hall–Kier alpha value is -3.16. The molecule has 8 nitrogen and oxygen atoms in total. The van der Waals surface area contributed by atoms with E-state index in [1.54, 1.807) is 4.52 Å². The van der Waals surface area contributed by atoms with Gasteiger partial charge in [0.1, 0.15) is 11.6 Å². The minimum absolute atomic E-state index is 0.247. The van der Waals surface area contributed by atoms with E-state index in [4.69, 9.17) is 9.47 Å². The zero-order chi connectivity index (χ0) is 21.8. The molecule has 2 heterocycles. The van der Waals surface area contributed by atoms with Crippen molar-refractivity contribution in [3.8, 4) is 17.1 Å². The predicted octanol–water partition coefficient (Wildman–Crippen LogP) is 3.10. The topological polar surface area (TPSA) is 98.6 Å². The number of carbonyl (C=O) groups is 1. The van der Waals surface area contributed by atoms with Crippen molar-refractivity contribution in [2.45, 2.75) is 47.0 Å². The summed E-state index contributed by atoms with van der Waals surface area (Å²) in [5, 5.41) is 4.69. The van der Waals surface area contributed by atoms with Gasteiger partial charge in [-0.3, -0.25) is 9.59 Å². The van der Waals surface area contributed by atoms with E-state index in [1.165, 1.54) is 7.11 Å². The standard InChI is InChI=1S/C22H28N4O4/c1-6-8-18-23-14(4)19-21(27)24-20(25-26(18)19)16-12-15(9-10-17(16)30-7-2)11-13(3)22(28)29-5/h9-10,12-13H,6-8,11H2,1-5H3,(H,24,25,27). The molecule has 0 bridgehead atoms. The molecule has 3 rings (SSSR count). The van der Waals surface area contributed by atoms with Crippen LogP contribution >= 0.6 is 0 Å². The normalized spacial score (nSPS) is 12.2. The number of carbonyl (C=O) groups excluding carboxylic acids is 1. The Morgan fingerprint density at radius 2 is 2.07 bits per heavy atom. The SMILES string of the molecule is CCCc1nc(C)c2c(=O)[nH]c(-c3cc(CC(C)C(=O)OC)ccc3OCC)nn12. The van der Waals surface area contributed by atoms with E-state index in [1.807, 2.05) is 39.0 Å². The molecule has 1 N–H and O–H groups in total. The Morgan fingerprint density at radius 1 is 1.30 bits per heavy atom. The molecule has 8 heteroatoms. The number of hydrogen-bond acceptors (Lipinski definition) is 6. The summed E-state index contributed by atoms with van der Waals surface area (Å²) in [6.07, 6.45) is 2.12. The van der Waals surface area contributed by atoms with Gasteiger partial charge in [-0.25, -0.2) is 9.50 Å². The molecule has 0 aliphatic carbocycles. The summed E-state index contributed by atoms with van der Waals surface area (Å²) in [5.41, 5.74) is 2.45. The number of nitrogens with one attached hydrogen (secondary N) is 1. The average Bonchev–Trinajstić information content (AvgIpc) is 3.04. The van der Waals surface area contributed by atoms with Crippen LogP contribution in [0.25, 0.3) is 16.9 Å². The van der Waals surface area contributed by atoms with Gasteiger partial charge in [-0.1, -0.05) is 19.9 Å². The van der Waals surface area contributed by atoms with Gasteiger partial charge in [0.25, 0.3) is 5.56 Å². The van der Waals surface area contributed by atoms with E-state index in [9.17, 15) is 9.59 Å². The summed E-state index contributed by atoms with van der Waals surface area (Å²) >= 11 is 0. The van der Waals surface area contributed by atoms with Crippen molar-refractivity contribution in [3.63, 3.8) is 0 Å².